The molecule has 0 saturated heterocycles. The number of aryl methyl sites for hydroxylation is 1. The first-order chi connectivity index (χ1) is 12.5. The van der Waals surface area contributed by atoms with Gasteiger partial charge in [-0.3, -0.25) is 4.79 Å². The number of thiazole rings is 1. The fourth-order valence-electron chi connectivity index (χ4n) is 3.29. The summed E-state index contributed by atoms with van der Waals surface area (Å²) in [6.45, 7) is 6.15. The van der Waals surface area contributed by atoms with E-state index in [0.29, 0.717) is 5.13 Å². The average molecular weight is 365 g/mol. The number of amides is 1. The van der Waals surface area contributed by atoms with Crippen molar-refractivity contribution < 1.29 is 4.79 Å². The maximum atomic E-state index is 13.1. The van der Waals surface area contributed by atoms with Crippen molar-refractivity contribution in [1.82, 2.24) is 4.98 Å². The molecule has 0 aliphatic rings. The van der Waals surface area contributed by atoms with Gasteiger partial charge in [-0.25, -0.2) is 4.98 Å². The summed E-state index contributed by atoms with van der Waals surface area (Å²) in [5, 5.41) is 5.47. The van der Waals surface area contributed by atoms with Crippen LogP contribution in [0.5, 0.6) is 0 Å². The minimum Gasteiger partial charge on any atom is -0.301 e. The number of aromatic nitrogens is 1. The van der Waals surface area contributed by atoms with E-state index < -0.39 is 5.41 Å². The Hall–Kier alpha value is -2.46. The molecule has 0 bridgehead atoms. The topological polar surface area (TPSA) is 42.0 Å². The Morgan fingerprint density at radius 1 is 1.08 bits per heavy atom. The molecule has 0 aliphatic carbocycles. The first-order valence-corrected chi connectivity index (χ1v) is 9.75. The Morgan fingerprint density at radius 3 is 2.31 bits per heavy atom. The molecule has 134 valence electrons. The zero-order chi connectivity index (χ0) is 18.6. The van der Waals surface area contributed by atoms with E-state index in [9.17, 15) is 4.79 Å². The number of hydrogen-bond donors (Lipinski definition) is 1. The van der Waals surface area contributed by atoms with Crippen LogP contribution in [0.4, 0.5) is 5.13 Å². The smallest absolute Gasteiger partial charge is 0.232 e. The van der Waals surface area contributed by atoms with Gasteiger partial charge in [-0.1, -0.05) is 75.4 Å². The van der Waals surface area contributed by atoms with Gasteiger partial charge < -0.3 is 5.32 Å². The van der Waals surface area contributed by atoms with E-state index in [1.165, 1.54) is 16.9 Å². The number of rotatable bonds is 6. The van der Waals surface area contributed by atoms with E-state index in [2.05, 4.69) is 53.6 Å². The predicted molar refractivity (Wildman–Crippen MR) is 109 cm³/mol. The van der Waals surface area contributed by atoms with Gasteiger partial charge in [0.05, 0.1) is 5.41 Å². The molecule has 4 heteroatoms. The summed E-state index contributed by atoms with van der Waals surface area (Å²) in [7, 11) is 0. The number of carbonyl (C=O) groups excluding carboxylic acids is 1. The number of carbonyl (C=O) groups is 1. The summed E-state index contributed by atoms with van der Waals surface area (Å²) in [6.07, 6.45) is 2.70. The Labute approximate surface area is 159 Å². The van der Waals surface area contributed by atoms with E-state index in [-0.39, 0.29) is 11.8 Å². The van der Waals surface area contributed by atoms with Crippen LogP contribution in [-0.4, -0.2) is 10.9 Å². The molecule has 0 saturated carbocycles. The lowest BCUT2D eigenvalue weighted by Gasteiger charge is -2.34. The fourth-order valence-corrected chi connectivity index (χ4v) is 3.82. The second-order valence-corrected chi connectivity index (χ2v) is 7.85. The number of nitrogens with zero attached hydrogens (tertiary/aromatic N) is 1. The second-order valence-electron chi connectivity index (χ2n) is 6.95. The maximum absolute atomic E-state index is 13.1. The van der Waals surface area contributed by atoms with Gasteiger partial charge in [0.25, 0.3) is 0 Å². The highest BCUT2D eigenvalue weighted by Gasteiger charge is 2.39. The zero-order valence-corrected chi connectivity index (χ0v) is 16.2. The molecule has 0 aliphatic heterocycles. The third-order valence-electron chi connectivity index (χ3n) is 4.81. The minimum atomic E-state index is -0.638. The van der Waals surface area contributed by atoms with Crippen molar-refractivity contribution in [3.8, 4) is 0 Å². The van der Waals surface area contributed by atoms with Crippen molar-refractivity contribution in [1.29, 1.82) is 0 Å². The summed E-state index contributed by atoms with van der Waals surface area (Å²) in [5.41, 5.74) is 2.94. The number of benzene rings is 2. The highest BCUT2D eigenvalue weighted by atomic mass is 32.1. The Morgan fingerprint density at radius 2 is 1.73 bits per heavy atom. The number of nitrogens with one attached hydrogen (secondary N) is 1. The normalized spacial score (nSPS) is 12.6. The average Bonchev–Trinajstić information content (AvgIpc) is 3.16. The van der Waals surface area contributed by atoms with Crippen LogP contribution in [0.2, 0.25) is 0 Å². The van der Waals surface area contributed by atoms with Crippen LogP contribution in [0.3, 0.4) is 0 Å². The van der Waals surface area contributed by atoms with Gasteiger partial charge in [-0.15, -0.1) is 11.3 Å². The molecule has 2 aromatic carbocycles. The van der Waals surface area contributed by atoms with Crippen molar-refractivity contribution in [3.63, 3.8) is 0 Å². The van der Waals surface area contributed by atoms with Crippen molar-refractivity contribution in [2.75, 3.05) is 5.32 Å². The molecule has 1 aromatic heterocycles. The molecule has 3 aromatic rings. The van der Waals surface area contributed by atoms with E-state index in [4.69, 9.17) is 0 Å². The fraction of sp³-hybridized carbons (Fsp3) is 0.273. The summed E-state index contributed by atoms with van der Waals surface area (Å²) in [5.74, 6) is -0.0737. The van der Waals surface area contributed by atoms with Crippen LogP contribution in [-0.2, 0) is 11.2 Å². The number of hydrogen-bond acceptors (Lipinski definition) is 3. The van der Waals surface area contributed by atoms with Crippen LogP contribution in [0.15, 0.2) is 66.2 Å². The van der Waals surface area contributed by atoms with Crippen molar-refractivity contribution in [2.45, 2.75) is 33.1 Å². The van der Waals surface area contributed by atoms with Gasteiger partial charge in [0, 0.05) is 17.5 Å². The number of anilines is 1. The van der Waals surface area contributed by atoms with Gasteiger partial charge in [-0.05, 0) is 23.1 Å². The van der Waals surface area contributed by atoms with Crippen LogP contribution in [0, 0.1) is 5.41 Å². The molecule has 3 rings (SSSR count). The van der Waals surface area contributed by atoms with Crippen LogP contribution < -0.4 is 5.32 Å². The van der Waals surface area contributed by atoms with Crippen LogP contribution in [0.25, 0.3) is 0 Å². The molecule has 0 radical (unpaired) electrons. The molecular weight excluding hydrogens is 340 g/mol. The first kappa shape index (κ1) is 18.3. The van der Waals surface area contributed by atoms with Crippen molar-refractivity contribution >= 4 is 22.4 Å². The third kappa shape index (κ3) is 3.86. The van der Waals surface area contributed by atoms with E-state index >= 15 is 0 Å². The lowest BCUT2D eigenvalue weighted by Crippen LogP contribution is -2.37. The summed E-state index contributed by atoms with van der Waals surface area (Å²) < 4.78 is 0. The molecule has 26 heavy (non-hydrogen) atoms. The first-order valence-electron chi connectivity index (χ1n) is 8.87. The lowest BCUT2D eigenvalue weighted by molar-refractivity contribution is -0.124. The minimum absolute atomic E-state index is 0.0270. The van der Waals surface area contributed by atoms with Crippen molar-refractivity contribution in [2.24, 2.45) is 5.41 Å². The highest BCUT2D eigenvalue weighted by molar-refractivity contribution is 7.13. The molecule has 3 nitrogen and oxygen atoms in total. The maximum Gasteiger partial charge on any atom is 0.232 e. The molecular formula is C22H24N2OS. The molecule has 1 amide bonds. The quantitative estimate of drug-likeness (QED) is 0.627. The zero-order valence-electron chi connectivity index (χ0n) is 15.4. The largest absolute Gasteiger partial charge is 0.301 e. The third-order valence-corrected chi connectivity index (χ3v) is 5.50. The predicted octanol–water partition coefficient (Wildman–Crippen LogP) is 5.50. The van der Waals surface area contributed by atoms with E-state index in [1.54, 1.807) is 6.20 Å². The SMILES string of the molecule is CCc1ccc(C(c2ccccc2)C(C)(C)C(=O)Nc2nccs2)cc1. The van der Waals surface area contributed by atoms with Gasteiger partial charge >= 0.3 is 0 Å². The van der Waals surface area contributed by atoms with Crippen LogP contribution >= 0.6 is 11.3 Å². The summed E-state index contributed by atoms with van der Waals surface area (Å²) >= 11 is 1.43. The molecule has 0 fully saturated rings. The molecule has 1 unspecified atom stereocenters. The molecule has 1 heterocycles. The highest BCUT2D eigenvalue weighted by Crippen LogP contribution is 2.42. The molecule has 1 atom stereocenters. The second kappa shape index (κ2) is 7.83. The van der Waals surface area contributed by atoms with E-state index in [1.807, 2.05) is 37.4 Å². The Bertz CT molecular complexity index is 840. The van der Waals surface area contributed by atoms with E-state index in [0.717, 1.165) is 17.5 Å². The van der Waals surface area contributed by atoms with Gasteiger partial charge in [0.2, 0.25) is 5.91 Å². The van der Waals surface area contributed by atoms with Gasteiger partial charge in [0.15, 0.2) is 5.13 Å². The standard InChI is InChI=1S/C22H24N2OS/c1-4-16-10-12-18(13-11-16)19(17-8-6-5-7-9-17)22(2,3)20(25)24-21-23-14-15-26-21/h5-15,19H,4H2,1-3H3,(H,23,24,25). The lowest BCUT2D eigenvalue weighted by atomic mass is 9.70. The van der Waals surface area contributed by atoms with Gasteiger partial charge in [-0.2, -0.15) is 0 Å². The monoisotopic (exact) mass is 364 g/mol. The molecule has 1 N–H and O–H groups in total. The summed E-state index contributed by atoms with van der Waals surface area (Å²) in [4.78, 5) is 17.3. The summed E-state index contributed by atoms with van der Waals surface area (Å²) in [6, 6.07) is 18.8. The molecule has 0 spiro atoms. The Kier molecular flexibility index (Phi) is 5.52. The van der Waals surface area contributed by atoms with Gasteiger partial charge in [0.1, 0.15) is 0 Å². The Balaban J connectivity index is 1.99. The van der Waals surface area contributed by atoms with Crippen molar-refractivity contribution in [3.05, 3.63) is 82.9 Å². The van der Waals surface area contributed by atoms with Crippen LogP contribution in [0.1, 0.15) is 43.4 Å².